The number of hydrogen-bond acceptors (Lipinski definition) is 5. The van der Waals surface area contributed by atoms with E-state index in [1.54, 1.807) is 20.8 Å². The van der Waals surface area contributed by atoms with E-state index in [1.165, 1.54) is 4.90 Å². The van der Waals surface area contributed by atoms with E-state index in [9.17, 15) is 19.2 Å². The Morgan fingerprint density at radius 2 is 1.48 bits per heavy atom. The van der Waals surface area contributed by atoms with E-state index in [0.29, 0.717) is 5.56 Å². The fraction of sp³-hybridized carbons (Fsp3) is 0.484. The van der Waals surface area contributed by atoms with Crippen LogP contribution in [-0.2, 0) is 25.7 Å². The average Bonchev–Trinajstić information content (AvgIpc) is 2.82. The van der Waals surface area contributed by atoms with Gasteiger partial charge in [0, 0.05) is 18.5 Å². The van der Waals surface area contributed by atoms with E-state index in [2.05, 4.69) is 10.6 Å². The zero-order valence-electron chi connectivity index (χ0n) is 25.0. The largest absolute Gasteiger partial charge is 0.444 e. The number of nitrogens with two attached hydrogens (primary N) is 1. The van der Waals surface area contributed by atoms with Gasteiger partial charge < -0.3 is 26.0 Å². The second kappa shape index (κ2) is 13.5. The van der Waals surface area contributed by atoms with Crippen molar-refractivity contribution >= 4 is 23.8 Å². The Morgan fingerprint density at radius 3 is 1.98 bits per heavy atom. The standard InChI is InChI=1S/C31H44N4O5/c1-20-13-12-14-21(2)25(20)26(27(37)33-19-22-15-10-9-11-16-22)35(30(3,4)5)28(38)23(17-18-24(32)36)34-29(39)40-31(6,7)8/h9-16,23,26H,17-19H2,1-8H3,(H2,32,36)(H,33,37)(H,34,39). The number of carbonyl (C=O) groups is 4. The lowest BCUT2D eigenvalue weighted by Crippen LogP contribution is -2.58. The Morgan fingerprint density at radius 1 is 0.900 bits per heavy atom. The van der Waals surface area contributed by atoms with Crippen molar-refractivity contribution in [2.45, 2.75) is 98.0 Å². The molecule has 9 heteroatoms. The molecule has 2 unspecified atom stereocenters. The number of nitrogens with zero attached hydrogens (tertiary/aromatic N) is 1. The summed E-state index contributed by atoms with van der Waals surface area (Å²) < 4.78 is 5.39. The van der Waals surface area contributed by atoms with Crippen molar-refractivity contribution < 1.29 is 23.9 Å². The van der Waals surface area contributed by atoms with Crippen LogP contribution < -0.4 is 16.4 Å². The molecule has 0 aliphatic rings. The van der Waals surface area contributed by atoms with Crippen LogP contribution in [0, 0.1) is 13.8 Å². The molecule has 0 heterocycles. The van der Waals surface area contributed by atoms with Gasteiger partial charge in [0.1, 0.15) is 17.7 Å². The van der Waals surface area contributed by atoms with E-state index in [4.69, 9.17) is 10.5 Å². The molecular formula is C31H44N4O5. The van der Waals surface area contributed by atoms with Gasteiger partial charge in [0.05, 0.1) is 0 Å². The van der Waals surface area contributed by atoms with Crippen LogP contribution in [0.3, 0.4) is 0 Å². The third kappa shape index (κ3) is 9.39. The fourth-order valence-electron chi connectivity index (χ4n) is 4.52. The highest BCUT2D eigenvalue weighted by atomic mass is 16.6. The zero-order chi connectivity index (χ0) is 30.3. The van der Waals surface area contributed by atoms with E-state index in [-0.39, 0.29) is 25.3 Å². The first-order chi connectivity index (χ1) is 18.5. The molecule has 0 aliphatic carbocycles. The van der Waals surface area contributed by atoms with E-state index >= 15 is 0 Å². The predicted molar refractivity (Wildman–Crippen MR) is 155 cm³/mol. The molecule has 0 aliphatic heterocycles. The summed E-state index contributed by atoms with van der Waals surface area (Å²) in [5.41, 5.74) is 7.03. The lowest BCUT2D eigenvalue weighted by Gasteiger charge is -2.43. The summed E-state index contributed by atoms with van der Waals surface area (Å²) in [4.78, 5) is 54.3. The quantitative estimate of drug-likeness (QED) is 0.401. The van der Waals surface area contributed by atoms with Gasteiger partial charge in [0.25, 0.3) is 0 Å². The highest BCUT2D eigenvalue weighted by Crippen LogP contribution is 2.34. The second-order valence-corrected chi connectivity index (χ2v) is 12.0. The lowest BCUT2D eigenvalue weighted by atomic mass is 9.90. The molecule has 0 saturated carbocycles. The summed E-state index contributed by atoms with van der Waals surface area (Å²) in [6.07, 6.45) is -0.995. The molecule has 0 aromatic heterocycles. The number of amides is 4. The monoisotopic (exact) mass is 552 g/mol. The Kier molecular flexibility index (Phi) is 10.9. The van der Waals surface area contributed by atoms with Gasteiger partial charge in [-0.3, -0.25) is 14.4 Å². The predicted octanol–water partition coefficient (Wildman–Crippen LogP) is 4.45. The minimum Gasteiger partial charge on any atom is -0.444 e. The molecule has 2 aromatic carbocycles. The Labute approximate surface area is 237 Å². The molecule has 9 nitrogen and oxygen atoms in total. The number of alkyl carbamates (subject to hydrolysis) is 1. The fourth-order valence-corrected chi connectivity index (χ4v) is 4.52. The number of carbonyl (C=O) groups excluding carboxylic acids is 4. The maximum absolute atomic E-state index is 14.3. The molecule has 0 radical (unpaired) electrons. The zero-order valence-corrected chi connectivity index (χ0v) is 25.0. The van der Waals surface area contributed by atoms with Gasteiger partial charge in [-0.1, -0.05) is 48.5 Å². The molecule has 218 valence electrons. The van der Waals surface area contributed by atoms with Crippen molar-refractivity contribution in [3.05, 3.63) is 70.8 Å². The molecule has 2 rings (SSSR count). The number of nitrogens with one attached hydrogen (secondary N) is 2. The van der Waals surface area contributed by atoms with Gasteiger partial charge >= 0.3 is 6.09 Å². The molecule has 4 N–H and O–H groups in total. The third-order valence-electron chi connectivity index (χ3n) is 6.26. The van der Waals surface area contributed by atoms with E-state index in [0.717, 1.165) is 16.7 Å². The van der Waals surface area contributed by atoms with Crippen LogP contribution >= 0.6 is 0 Å². The van der Waals surface area contributed by atoms with Crippen LogP contribution in [0.15, 0.2) is 48.5 Å². The van der Waals surface area contributed by atoms with Crippen LogP contribution in [-0.4, -0.2) is 45.9 Å². The summed E-state index contributed by atoms with van der Waals surface area (Å²) in [7, 11) is 0. The lowest BCUT2D eigenvalue weighted by molar-refractivity contribution is -0.148. The SMILES string of the molecule is Cc1cccc(C)c1C(C(=O)NCc1ccccc1)N(C(=O)C(CCC(N)=O)NC(=O)OC(C)(C)C)C(C)(C)C. The summed E-state index contributed by atoms with van der Waals surface area (Å²) in [5.74, 6) is -1.50. The van der Waals surface area contributed by atoms with Crippen LogP contribution in [0.2, 0.25) is 0 Å². The van der Waals surface area contributed by atoms with Crippen LogP contribution in [0.4, 0.5) is 4.79 Å². The highest BCUT2D eigenvalue weighted by molar-refractivity contribution is 5.93. The first kappa shape index (κ1) is 32.3. The van der Waals surface area contributed by atoms with Crippen molar-refractivity contribution in [2.24, 2.45) is 5.73 Å². The summed E-state index contributed by atoms with van der Waals surface area (Å²) in [6.45, 7) is 14.7. The third-order valence-corrected chi connectivity index (χ3v) is 6.26. The first-order valence-corrected chi connectivity index (χ1v) is 13.5. The number of ether oxygens (including phenoxy) is 1. The molecule has 4 amide bonds. The van der Waals surface area contributed by atoms with Gasteiger partial charge in [-0.15, -0.1) is 0 Å². The topological polar surface area (TPSA) is 131 Å². The maximum atomic E-state index is 14.3. The highest BCUT2D eigenvalue weighted by Gasteiger charge is 2.42. The van der Waals surface area contributed by atoms with Crippen molar-refractivity contribution in [1.29, 1.82) is 0 Å². The van der Waals surface area contributed by atoms with Crippen molar-refractivity contribution in [2.75, 3.05) is 0 Å². The molecule has 2 atom stereocenters. The van der Waals surface area contributed by atoms with Crippen LogP contribution in [0.5, 0.6) is 0 Å². The minimum absolute atomic E-state index is 0.0505. The van der Waals surface area contributed by atoms with Crippen LogP contribution in [0.1, 0.15) is 82.7 Å². The summed E-state index contributed by atoms with van der Waals surface area (Å²) in [5, 5.41) is 5.62. The Bertz CT molecular complexity index is 1180. The van der Waals surface area contributed by atoms with E-state index in [1.807, 2.05) is 83.1 Å². The minimum atomic E-state index is -1.16. The average molecular weight is 553 g/mol. The van der Waals surface area contributed by atoms with Gasteiger partial charge in [-0.2, -0.15) is 0 Å². The smallest absolute Gasteiger partial charge is 0.408 e. The maximum Gasteiger partial charge on any atom is 0.408 e. The summed E-state index contributed by atoms with van der Waals surface area (Å²) in [6, 6.07) is 13.0. The molecule has 40 heavy (non-hydrogen) atoms. The van der Waals surface area contributed by atoms with Crippen molar-refractivity contribution in [3.8, 4) is 0 Å². The van der Waals surface area contributed by atoms with Crippen LogP contribution in [0.25, 0.3) is 0 Å². The Hall–Kier alpha value is -3.88. The van der Waals surface area contributed by atoms with E-state index < -0.39 is 41.1 Å². The Balaban J connectivity index is 2.59. The molecule has 2 aromatic rings. The summed E-state index contributed by atoms with van der Waals surface area (Å²) >= 11 is 0. The number of hydrogen-bond donors (Lipinski definition) is 3. The van der Waals surface area contributed by atoms with Crippen molar-refractivity contribution in [1.82, 2.24) is 15.5 Å². The van der Waals surface area contributed by atoms with Gasteiger partial charge in [0.2, 0.25) is 17.7 Å². The molecule has 0 spiro atoms. The van der Waals surface area contributed by atoms with Gasteiger partial charge in [-0.05, 0) is 84.1 Å². The second-order valence-electron chi connectivity index (χ2n) is 12.0. The molecule has 0 saturated heterocycles. The first-order valence-electron chi connectivity index (χ1n) is 13.5. The number of primary amides is 1. The van der Waals surface area contributed by atoms with Crippen molar-refractivity contribution in [3.63, 3.8) is 0 Å². The molecular weight excluding hydrogens is 508 g/mol. The number of aryl methyl sites for hydroxylation is 2. The normalized spacial score (nSPS) is 13.1. The van der Waals surface area contributed by atoms with Gasteiger partial charge in [-0.25, -0.2) is 4.79 Å². The molecule has 0 bridgehead atoms. The molecule has 0 fully saturated rings. The number of rotatable bonds is 10. The number of benzene rings is 2. The van der Waals surface area contributed by atoms with Gasteiger partial charge in [0.15, 0.2) is 0 Å².